The van der Waals surface area contributed by atoms with E-state index in [1.54, 1.807) is 42.6 Å². The van der Waals surface area contributed by atoms with Gasteiger partial charge in [0.15, 0.2) is 12.3 Å². The van der Waals surface area contributed by atoms with Crippen LogP contribution in [0.2, 0.25) is 0 Å². The maximum atomic E-state index is 13.8. The van der Waals surface area contributed by atoms with Gasteiger partial charge < -0.3 is 5.32 Å². The van der Waals surface area contributed by atoms with Crippen LogP contribution in [0.3, 0.4) is 0 Å². The van der Waals surface area contributed by atoms with Gasteiger partial charge in [-0.05, 0) is 55.3 Å². The zero-order valence-corrected chi connectivity index (χ0v) is 16.8. The summed E-state index contributed by atoms with van der Waals surface area (Å²) in [6.07, 6.45) is 3.36. The number of halogens is 3. The fraction of sp³-hybridized carbons (Fsp3) is 0.286. The molecule has 1 aliphatic rings. The van der Waals surface area contributed by atoms with Crippen molar-refractivity contribution in [1.82, 2.24) is 29.8 Å². The van der Waals surface area contributed by atoms with Crippen LogP contribution in [0.15, 0.2) is 48.7 Å². The maximum absolute atomic E-state index is 13.8. The minimum atomic E-state index is -3.62. The number of fused-ring (bicyclic) bond motifs is 1. The molecule has 3 aromatic heterocycles. The van der Waals surface area contributed by atoms with E-state index in [2.05, 4.69) is 25.7 Å². The van der Waals surface area contributed by atoms with Gasteiger partial charge in [0.25, 0.3) is 0 Å². The first kappa shape index (κ1) is 20.2. The first-order chi connectivity index (χ1) is 15.4. The third-order valence-electron chi connectivity index (χ3n) is 5.24. The van der Waals surface area contributed by atoms with Crippen LogP contribution in [-0.4, -0.2) is 42.3 Å². The van der Waals surface area contributed by atoms with Gasteiger partial charge in [0, 0.05) is 23.5 Å². The fourth-order valence-corrected chi connectivity index (χ4v) is 3.46. The summed E-state index contributed by atoms with van der Waals surface area (Å²) in [4.78, 5) is 16.6. The molecule has 32 heavy (non-hydrogen) atoms. The lowest BCUT2D eigenvalue weighted by atomic mass is 10.2. The van der Waals surface area contributed by atoms with Crippen molar-refractivity contribution in [3.8, 4) is 5.69 Å². The highest BCUT2D eigenvalue weighted by molar-refractivity contribution is 5.91. The number of hydrogen-bond donors (Lipinski definition) is 1. The van der Waals surface area contributed by atoms with E-state index in [4.69, 9.17) is 0 Å². The summed E-state index contributed by atoms with van der Waals surface area (Å²) >= 11 is 0. The Balaban J connectivity index is 1.33. The van der Waals surface area contributed by atoms with E-state index in [0.717, 1.165) is 12.8 Å². The quantitative estimate of drug-likeness (QED) is 0.473. The number of carbonyl (C=O) groups is 1. The second kappa shape index (κ2) is 7.74. The number of benzene rings is 1. The minimum absolute atomic E-state index is 0.0675. The number of nitrogens with one attached hydrogen (secondary N) is 1. The lowest BCUT2D eigenvalue weighted by Gasteiger charge is -2.10. The first-order valence-electron chi connectivity index (χ1n) is 10.0. The molecule has 0 bridgehead atoms. The molecule has 1 aromatic carbocycles. The molecule has 1 saturated carbocycles. The number of pyridine rings is 1. The predicted molar refractivity (Wildman–Crippen MR) is 109 cm³/mol. The van der Waals surface area contributed by atoms with Crippen LogP contribution < -0.4 is 5.32 Å². The van der Waals surface area contributed by atoms with Gasteiger partial charge in [0.05, 0.1) is 5.69 Å². The van der Waals surface area contributed by atoms with E-state index < -0.39 is 18.3 Å². The Bertz CT molecular complexity index is 1280. The Labute approximate surface area is 180 Å². The molecule has 0 spiro atoms. The highest BCUT2D eigenvalue weighted by atomic mass is 19.3. The molecule has 0 unspecified atom stereocenters. The Kier molecular flexibility index (Phi) is 4.87. The molecule has 1 N–H and O–H groups in total. The van der Waals surface area contributed by atoms with Crippen molar-refractivity contribution in [2.24, 2.45) is 0 Å². The monoisotopic (exact) mass is 441 g/mol. The fourth-order valence-electron chi connectivity index (χ4n) is 3.46. The summed E-state index contributed by atoms with van der Waals surface area (Å²) in [6, 6.07) is 11.4. The summed E-state index contributed by atoms with van der Waals surface area (Å²) < 4.78 is 43.2. The van der Waals surface area contributed by atoms with Crippen molar-refractivity contribution in [2.45, 2.75) is 31.2 Å². The maximum Gasteiger partial charge on any atom is 0.319 e. The lowest BCUT2D eigenvalue weighted by Crippen LogP contribution is -2.19. The minimum Gasteiger partial charge on any atom is -0.324 e. The van der Waals surface area contributed by atoms with Crippen LogP contribution >= 0.6 is 0 Å². The molecule has 4 aromatic rings. The van der Waals surface area contributed by atoms with Gasteiger partial charge in [-0.3, -0.25) is 4.79 Å². The Morgan fingerprint density at radius 1 is 1.19 bits per heavy atom. The zero-order valence-electron chi connectivity index (χ0n) is 16.8. The van der Waals surface area contributed by atoms with Gasteiger partial charge in [0.1, 0.15) is 17.8 Å². The zero-order chi connectivity index (χ0) is 22.3. The van der Waals surface area contributed by atoms with Crippen molar-refractivity contribution in [3.63, 3.8) is 0 Å². The number of anilines is 1. The molecule has 164 valence electrons. The van der Waals surface area contributed by atoms with Crippen molar-refractivity contribution >= 4 is 22.8 Å². The standard InChI is InChI=1S/C21H18F3N7O/c22-12-21(23,24)18-10-17(13-3-4-13)31(28-18)15-7-5-14(6-8-15)26-19(32)11-30-20-16(27-29-30)2-1-9-25-20/h1-2,5-10,13H,3-4,11-12H2,(H,26,32). The Morgan fingerprint density at radius 3 is 2.69 bits per heavy atom. The smallest absolute Gasteiger partial charge is 0.319 e. The average molecular weight is 441 g/mol. The molecule has 1 aliphatic carbocycles. The van der Waals surface area contributed by atoms with E-state index in [0.29, 0.717) is 28.2 Å². The van der Waals surface area contributed by atoms with Gasteiger partial charge in [-0.15, -0.1) is 5.10 Å². The van der Waals surface area contributed by atoms with Crippen LogP contribution in [0.25, 0.3) is 16.9 Å². The van der Waals surface area contributed by atoms with Gasteiger partial charge in [0.2, 0.25) is 5.91 Å². The van der Waals surface area contributed by atoms with E-state index in [-0.39, 0.29) is 18.4 Å². The van der Waals surface area contributed by atoms with Gasteiger partial charge >= 0.3 is 5.92 Å². The van der Waals surface area contributed by atoms with E-state index in [9.17, 15) is 18.0 Å². The molecule has 0 aliphatic heterocycles. The molecule has 5 rings (SSSR count). The number of hydrogen-bond acceptors (Lipinski definition) is 5. The Morgan fingerprint density at radius 2 is 1.97 bits per heavy atom. The van der Waals surface area contributed by atoms with E-state index in [1.807, 2.05) is 0 Å². The summed E-state index contributed by atoms with van der Waals surface area (Å²) in [6.45, 7) is -1.86. The highest BCUT2D eigenvalue weighted by Crippen LogP contribution is 2.42. The second-order valence-electron chi connectivity index (χ2n) is 7.67. The van der Waals surface area contributed by atoms with Crippen molar-refractivity contribution < 1.29 is 18.0 Å². The van der Waals surface area contributed by atoms with Crippen LogP contribution in [0.4, 0.5) is 18.9 Å². The summed E-state index contributed by atoms with van der Waals surface area (Å²) in [5, 5.41) is 14.6. The average Bonchev–Trinajstić information content (AvgIpc) is 3.41. The lowest BCUT2D eigenvalue weighted by molar-refractivity contribution is -0.116. The second-order valence-corrected chi connectivity index (χ2v) is 7.67. The third-order valence-corrected chi connectivity index (χ3v) is 5.24. The summed E-state index contributed by atoms with van der Waals surface area (Å²) in [5.74, 6) is -3.81. The van der Waals surface area contributed by atoms with Crippen molar-refractivity contribution in [3.05, 3.63) is 60.0 Å². The van der Waals surface area contributed by atoms with Gasteiger partial charge in [-0.25, -0.2) is 18.7 Å². The number of aromatic nitrogens is 6. The molecule has 0 radical (unpaired) electrons. The molecule has 0 saturated heterocycles. The molecule has 8 nitrogen and oxygen atoms in total. The molecule has 11 heteroatoms. The summed E-state index contributed by atoms with van der Waals surface area (Å²) in [7, 11) is 0. The number of rotatable bonds is 7. The molecule has 3 heterocycles. The molecular weight excluding hydrogens is 423 g/mol. The topological polar surface area (TPSA) is 90.5 Å². The van der Waals surface area contributed by atoms with E-state index in [1.165, 1.54) is 15.4 Å². The highest BCUT2D eigenvalue weighted by Gasteiger charge is 2.38. The Hall–Kier alpha value is -3.76. The number of carbonyl (C=O) groups excluding carboxylic acids is 1. The normalized spacial score (nSPS) is 14.1. The van der Waals surface area contributed by atoms with Crippen LogP contribution in [0, 0.1) is 0 Å². The van der Waals surface area contributed by atoms with E-state index >= 15 is 0 Å². The molecule has 1 fully saturated rings. The largest absolute Gasteiger partial charge is 0.324 e. The number of amides is 1. The van der Waals surface area contributed by atoms with Crippen LogP contribution in [0.1, 0.15) is 30.1 Å². The molecular formula is C21H18F3N7O. The SMILES string of the molecule is O=C(Cn1nnc2cccnc21)Nc1ccc(-n2nc(C(F)(F)CF)cc2C2CC2)cc1. The molecule has 1 amide bonds. The van der Waals surface area contributed by atoms with Gasteiger partial charge in [-0.1, -0.05) is 5.21 Å². The number of alkyl halides is 3. The molecule has 0 atom stereocenters. The first-order valence-corrected chi connectivity index (χ1v) is 10.0. The number of nitrogens with zero attached hydrogens (tertiary/aromatic N) is 6. The van der Waals surface area contributed by atoms with Gasteiger partial charge in [-0.2, -0.15) is 13.9 Å². The van der Waals surface area contributed by atoms with Crippen LogP contribution in [0.5, 0.6) is 0 Å². The third kappa shape index (κ3) is 3.81. The van der Waals surface area contributed by atoms with Crippen molar-refractivity contribution in [1.29, 1.82) is 0 Å². The predicted octanol–water partition coefficient (Wildman–Crippen LogP) is 3.59. The van der Waals surface area contributed by atoms with Crippen LogP contribution in [-0.2, 0) is 17.3 Å². The van der Waals surface area contributed by atoms with Crippen molar-refractivity contribution in [2.75, 3.05) is 12.0 Å². The summed E-state index contributed by atoms with van der Waals surface area (Å²) in [5.41, 5.74) is 2.23.